The van der Waals surface area contributed by atoms with Crippen LogP contribution in [0.3, 0.4) is 0 Å². The van der Waals surface area contributed by atoms with Crippen LogP contribution in [0.25, 0.3) is 22.1 Å². The highest BCUT2D eigenvalue weighted by molar-refractivity contribution is 14.1. The minimum Gasteiger partial charge on any atom is -0.482 e. The molecule has 0 unspecified atom stereocenters. The van der Waals surface area contributed by atoms with Gasteiger partial charge in [-0.2, -0.15) is 0 Å². The second kappa shape index (κ2) is 42.5. The lowest BCUT2D eigenvalue weighted by molar-refractivity contribution is -0.148. The summed E-state index contributed by atoms with van der Waals surface area (Å²) in [5, 5.41) is 17.4. The SMILES string of the molecule is CNc1ncc(I)c(CNC(=O)OC(C)(C)C)c1C(=O)NCCc1ccccc1.CNc1ncc(I)c(COC(=O)COc2ccc(C)cc2)c1C(=O)NCCc1ccccc1.Cc1ccc(OCC(=O)OCc2c(I)cnc3c2c(=O)oc(=O)n3C)cc1.Cn1c(=O)oc(=O)c2c(CNC(=O)OC(C)(C)C)c(I)cnc21. The van der Waals surface area contributed by atoms with E-state index in [4.69, 9.17) is 28.4 Å². The quantitative estimate of drug-likeness (QED) is 0.0186. The van der Waals surface area contributed by atoms with Crippen molar-refractivity contribution >= 4 is 160 Å². The zero-order chi connectivity index (χ0) is 82.0. The van der Waals surface area contributed by atoms with Crippen LogP contribution in [-0.4, -0.2) is 117 Å². The highest BCUT2D eigenvalue weighted by atomic mass is 127. The number of esters is 2. The molecule has 0 fully saturated rings. The largest absolute Gasteiger partial charge is 0.482 e. The summed E-state index contributed by atoms with van der Waals surface area (Å²) in [5.74, 6) is -1.20. The van der Waals surface area contributed by atoms with Crippen molar-refractivity contribution in [3.05, 3.63) is 246 Å². The molecule has 0 saturated carbocycles. The third-order valence-electron chi connectivity index (χ3n) is 15.6. The lowest BCUT2D eigenvalue weighted by Gasteiger charge is -2.20. The topological polar surface area (TPSA) is 386 Å². The first-order chi connectivity index (χ1) is 53.1. The first kappa shape index (κ1) is 89.1. The van der Waals surface area contributed by atoms with E-state index in [1.807, 2.05) is 144 Å². The average molecular weight is 1990 g/mol. The Morgan fingerprint density at radius 3 is 1.21 bits per heavy atom. The summed E-state index contributed by atoms with van der Waals surface area (Å²) in [5.41, 5.74) is 5.02. The summed E-state index contributed by atoms with van der Waals surface area (Å²) < 4.78 is 46.3. The Morgan fingerprint density at radius 1 is 0.455 bits per heavy atom. The molecule has 30 nitrogen and oxygen atoms in total. The van der Waals surface area contributed by atoms with Gasteiger partial charge in [-0.15, -0.1) is 0 Å². The van der Waals surface area contributed by atoms with E-state index < -0.39 is 58.1 Å². The lowest BCUT2D eigenvalue weighted by Crippen LogP contribution is -2.34. The minimum absolute atomic E-state index is 0.0508. The number of aryl methyl sites for hydroxylation is 4. The number of nitrogens with zero attached hydrogens (tertiary/aromatic N) is 6. The van der Waals surface area contributed by atoms with E-state index in [1.54, 1.807) is 92.3 Å². The Balaban J connectivity index is 0.000000209. The number of carbonyl (C=O) groups is 6. The van der Waals surface area contributed by atoms with Gasteiger partial charge in [0.2, 0.25) is 0 Å². The Hall–Kier alpha value is -10.1. The van der Waals surface area contributed by atoms with E-state index in [9.17, 15) is 47.9 Å². The molecule has 4 aromatic carbocycles. The van der Waals surface area contributed by atoms with Gasteiger partial charge in [0.1, 0.15) is 58.3 Å². The number of benzene rings is 4. The van der Waals surface area contributed by atoms with Gasteiger partial charge in [-0.3, -0.25) is 18.7 Å². The number of pyridine rings is 4. The molecule has 6 heterocycles. The van der Waals surface area contributed by atoms with E-state index in [2.05, 4.69) is 106 Å². The first-order valence-electron chi connectivity index (χ1n) is 34.5. The Kier molecular flexibility index (Phi) is 33.8. The fourth-order valence-electron chi connectivity index (χ4n) is 10.1. The van der Waals surface area contributed by atoms with Crippen molar-refractivity contribution in [1.29, 1.82) is 0 Å². The van der Waals surface area contributed by atoms with Crippen LogP contribution in [0.1, 0.15) is 107 Å². The van der Waals surface area contributed by atoms with E-state index in [0.717, 1.165) is 44.9 Å². The van der Waals surface area contributed by atoms with Gasteiger partial charge in [-0.1, -0.05) is 96.1 Å². The van der Waals surface area contributed by atoms with Gasteiger partial charge >= 0.3 is 46.9 Å². The van der Waals surface area contributed by atoms with Gasteiger partial charge in [0, 0.05) is 116 Å². The maximum atomic E-state index is 13.0. The maximum Gasteiger partial charge on any atom is 0.423 e. The molecule has 6 aromatic heterocycles. The van der Waals surface area contributed by atoms with Gasteiger partial charge in [0.15, 0.2) is 24.5 Å². The average Bonchev–Trinajstić information content (AvgIpc) is 0.783. The van der Waals surface area contributed by atoms with Crippen LogP contribution in [0, 0.1) is 28.1 Å². The van der Waals surface area contributed by atoms with Crippen molar-refractivity contribution in [2.75, 3.05) is 51.0 Å². The second-order valence-corrected chi connectivity index (χ2v) is 31.0. The molecule has 0 bridgehead atoms. The first-order valence-corrected chi connectivity index (χ1v) is 38.8. The summed E-state index contributed by atoms with van der Waals surface area (Å²) >= 11 is 8.17. The van der Waals surface area contributed by atoms with E-state index in [0.29, 0.717) is 83.2 Å². The third-order valence-corrected chi connectivity index (χ3v) is 19.3. The standard InChI is InChI=1S/C25H26IN3O4.C21H27IN4O3.C18H15IN2O6.C14H16IN3O5/c1-17-8-10-19(11-9-17)32-16-22(30)33-15-20-21(26)14-29-24(27-2)23(20)25(31)28-13-12-18-6-4-3-5-7-18;1-21(2,3)29-20(28)26-12-15-16(22)13-25-18(23-4)17(15)19(27)24-11-10-14-8-6-5-7-9-14;1-10-3-5-11(6-4-10)25-9-14(22)26-8-12-13(19)7-20-16-15(12)17(23)27-18(24)21(16)2;1-14(2,3)23-12(20)17-5-7-8(15)6-16-10-9(7)11(19)22-13(21)18(10)4/h3-11,14H,12-13,15-16H2,1-2H3,(H,27,29)(H,28,31);5-9,13H,10-12H2,1-4H3,(H,23,25)(H,24,27)(H,26,28);3-7H,8-9H2,1-2H3;6H,5H2,1-4H3,(H,17,20). The van der Waals surface area contributed by atoms with Gasteiger partial charge in [-0.25, -0.2) is 58.3 Å². The number of anilines is 2. The Bertz CT molecular complexity index is 5230. The molecule has 0 spiro atoms. The molecule has 6 N–H and O–H groups in total. The summed E-state index contributed by atoms with van der Waals surface area (Å²) in [7, 11) is 6.30. The van der Waals surface area contributed by atoms with Crippen LogP contribution in [0.4, 0.5) is 21.2 Å². The van der Waals surface area contributed by atoms with Crippen molar-refractivity contribution in [3.63, 3.8) is 0 Å². The fourth-order valence-corrected chi connectivity index (χ4v) is 12.4. The normalized spacial score (nSPS) is 10.9. The zero-order valence-electron chi connectivity index (χ0n) is 63.3. The number of hydrogen-bond acceptors (Lipinski definition) is 24. The minimum atomic E-state index is -0.818. The molecular formula is C78H84I4N12O18. The van der Waals surface area contributed by atoms with Crippen molar-refractivity contribution in [1.82, 2.24) is 50.3 Å². The fraction of sp³-hybridized carbons (Fsp3) is 0.308. The highest BCUT2D eigenvalue weighted by Gasteiger charge is 2.26. The molecule has 0 saturated heterocycles. The molecule has 10 rings (SSSR count). The number of carbonyl (C=O) groups excluding carboxylic acids is 6. The summed E-state index contributed by atoms with van der Waals surface area (Å²) in [6.07, 6.45) is 6.61. The predicted molar refractivity (Wildman–Crippen MR) is 454 cm³/mol. The van der Waals surface area contributed by atoms with Crippen LogP contribution < -0.4 is 64.1 Å². The molecule has 10 aromatic rings. The van der Waals surface area contributed by atoms with Gasteiger partial charge in [0.05, 0.1) is 11.1 Å². The molecule has 0 aliphatic carbocycles. The number of hydrogen-bond donors (Lipinski definition) is 6. The Morgan fingerprint density at radius 2 is 0.804 bits per heavy atom. The molecule has 0 atom stereocenters. The molecule has 0 aliphatic rings. The summed E-state index contributed by atoms with van der Waals surface area (Å²) in [4.78, 5) is 138. The molecule has 0 aliphatic heterocycles. The van der Waals surface area contributed by atoms with Crippen molar-refractivity contribution in [2.45, 2.75) is 106 Å². The second-order valence-electron chi connectivity index (χ2n) is 26.3. The molecule has 4 amide bonds. The van der Waals surface area contributed by atoms with E-state index in [-0.39, 0.29) is 73.4 Å². The number of halogens is 4. The van der Waals surface area contributed by atoms with Crippen LogP contribution in [-0.2, 0) is 81.8 Å². The van der Waals surface area contributed by atoms with Gasteiger partial charge < -0.3 is 69.2 Å². The van der Waals surface area contributed by atoms with E-state index >= 15 is 0 Å². The predicted octanol–water partition coefficient (Wildman–Crippen LogP) is 11.3. The molecule has 112 heavy (non-hydrogen) atoms. The molecule has 592 valence electrons. The van der Waals surface area contributed by atoms with E-state index in [1.165, 1.54) is 26.5 Å². The van der Waals surface area contributed by atoms with Crippen molar-refractivity contribution in [3.8, 4) is 11.5 Å². The van der Waals surface area contributed by atoms with Crippen LogP contribution in [0.5, 0.6) is 11.5 Å². The monoisotopic (exact) mass is 1980 g/mol. The van der Waals surface area contributed by atoms with Crippen LogP contribution in [0.2, 0.25) is 0 Å². The zero-order valence-corrected chi connectivity index (χ0v) is 71.9. The number of nitrogens with one attached hydrogen (secondary N) is 6. The number of fused-ring (bicyclic) bond motifs is 2. The summed E-state index contributed by atoms with van der Waals surface area (Å²) in [6.45, 7) is 15.0. The van der Waals surface area contributed by atoms with Gasteiger partial charge in [0.25, 0.3) is 11.8 Å². The third kappa shape index (κ3) is 27.1. The van der Waals surface area contributed by atoms with Crippen LogP contribution in [0.15, 0.2) is 162 Å². The number of rotatable bonds is 24. The molecule has 0 radical (unpaired) electrons. The molecule has 34 heteroatoms. The smallest absolute Gasteiger partial charge is 0.423 e. The Labute approximate surface area is 698 Å². The number of ether oxygens (including phenoxy) is 6. The van der Waals surface area contributed by atoms with Crippen molar-refractivity contribution in [2.24, 2.45) is 14.1 Å². The lowest BCUT2D eigenvalue weighted by atomic mass is 10.1. The number of aromatic nitrogens is 6. The maximum absolute atomic E-state index is 13.0. The van der Waals surface area contributed by atoms with Gasteiger partial charge in [-0.05, 0) is 194 Å². The molecular weight excluding hydrogens is 1900 g/mol. The van der Waals surface area contributed by atoms with Crippen molar-refractivity contribution < 1.29 is 66.0 Å². The van der Waals surface area contributed by atoms with Crippen LogP contribution >= 0.6 is 90.4 Å². The highest BCUT2D eigenvalue weighted by Crippen LogP contribution is 2.27. The number of alkyl carbamates (subject to hydrolysis) is 2. The number of amides is 4. The summed E-state index contributed by atoms with van der Waals surface area (Å²) in [6, 6.07) is 34.5.